The Labute approximate surface area is 108 Å². The van der Waals surface area contributed by atoms with Crippen molar-refractivity contribution >= 4 is 6.09 Å². The van der Waals surface area contributed by atoms with E-state index >= 15 is 0 Å². The van der Waals surface area contributed by atoms with Crippen molar-refractivity contribution in [3.8, 4) is 5.75 Å². The van der Waals surface area contributed by atoms with Crippen LogP contribution in [0.5, 0.6) is 5.75 Å². The molecule has 0 spiro atoms. The van der Waals surface area contributed by atoms with Crippen LogP contribution in [0.1, 0.15) is 27.2 Å². The molecule has 4 heteroatoms. The normalized spacial score (nSPS) is 10.8. The average molecular weight is 250 g/mol. The summed E-state index contributed by atoms with van der Waals surface area (Å²) in [6.07, 6.45) is 0.337. The lowest BCUT2D eigenvalue weighted by molar-refractivity contribution is 0.0525. The lowest BCUT2D eigenvalue weighted by Crippen LogP contribution is -2.33. The van der Waals surface area contributed by atoms with Crippen LogP contribution < -0.4 is 10.1 Å². The van der Waals surface area contributed by atoms with Gasteiger partial charge in [-0.1, -0.05) is 12.1 Å². The summed E-state index contributed by atoms with van der Waals surface area (Å²) < 4.78 is 10.6. The quantitative estimate of drug-likeness (QED) is 0.817. The van der Waals surface area contributed by atoms with Crippen molar-refractivity contribution in [2.75, 3.05) is 13.2 Å². The molecule has 99 valence electrons. The highest BCUT2D eigenvalue weighted by Crippen LogP contribution is 2.08. The fraction of sp³-hybridized carbons (Fsp3) is 0.500. The van der Waals surface area contributed by atoms with Gasteiger partial charge in [-0.2, -0.15) is 0 Å². The van der Waals surface area contributed by atoms with Crippen LogP contribution >= 0.6 is 0 Å². The van der Waals surface area contributed by atoms with Gasteiger partial charge in [0.25, 0.3) is 0 Å². The maximum Gasteiger partial charge on any atom is 0.407 e. The van der Waals surface area contributed by atoms with Gasteiger partial charge in [0.2, 0.25) is 0 Å². The first-order chi connectivity index (χ1) is 8.47. The van der Waals surface area contributed by atoms with Crippen molar-refractivity contribution < 1.29 is 14.3 Å². The number of carbonyl (C=O) groups is 1. The first-order valence-corrected chi connectivity index (χ1v) is 6.03. The Morgan fingerprint density at radius 2 is 2.22 bits per heavy atom. The van der Waals surface area contributed by atoms with Crippen LogP contribution in [-0.4, -0.2) is 24.8 Å². The molecular formula is C14H20NO3. The Morgan fingerprint density at radius 1 is 1.44 bits per heavy atom. The molecule has 0 saturated heterocycles. The van der Waals surface area contributed by atoms with E-state index in [1.165, 1.54) is 0 Å². The molecule has 1 amide bonds. The molecule has 0 aromatic heterocycles. The van der Waals surface area contributed by atoms with Crippen LogP contribution in [0.3, 0.4) is 0 Å². The van der Waals surface area contributed by atoms with Gasteiger partial charge in [0.1, 0.15) is 11.4 Å². The molecule has 0 unspecified atom stereocenters. The van der Waals surface area contributed by atoms with Gasteiger partial charge in [0, 0.05) is 6.54 Å². The highest BCUT2D eigenvalue weighted by atomic mass is 16.6. The van der Waals surface area contributed by atoms with Crippen molar-refractivity contribution in [3.63, 3.8) is 0 Å². The maximum absolute atomic E-state index is 11.3. The number of carbonyl (C=O) groups excluding carboxylic acids is 1. The van der Waals surface area contributed by atoms with E-state index < -0.39 is 11.7 Å². The molecule has 1 N–H and O–H groups in total. The van der Waals surface area contributed by atoms with Gasteiger partial charge < -0.3 is 14.8 Å². The number of ether oxygens (including phenoxy) is 2. The molecule has 0 heterocycles. The van der Waals surface area contributed by atoms with Crippen LogP contribution in [0.15, 0.2) is 24.3 Å². The summed E-state index contributed by atoms with van der Waals surface area (Å²) in [6.45, 7) is 6.59. The number of hydrogen-bond acceptors (Lipinski definition) is 3. The molecule has 0 atom stereocenters. The number of hydrogen-bond donors (Lipinski definition) is 1. The van der Waals surface area contributed by atoms with Crippen LogP contribution in [0.25, 0.3) is 0 Å². The summed E-state index contributed by atoms with van der Waals surface area (Å²) in [6, 6.07) is 10.3. The summed E-state index contributed by atoms with van der Waals surface area (Å²) in [5.41, 5.74) is -0.458. The lowest BCUT2D eigenvalue weighted by atomic mass is 10.2. The van der Waals surface area contributed by atoms with E-state index in [1.807, 2.05) is 39.0 Å². The van der Waals surface area contributed by atoms with Crippen molar-refractivity contribution in [2.24, 2.45) is 0 Å². The largest absolute Gasteiger partial charge is 0.494 e. The predicted octanol–water partition coefficient (Wildman–Crippen LogP) is 2.78. The van der Waals surface area contributed by atoms with E-state index in [-0.39, 0.29) is 0 Å². The fourth-order valence-corrected chi connectivity index (χ4v) is 1.23. The van der Waals surface area contributed by atoms with Gasteiger partial charge in [-0.25, -0.2) is 4.79 Å². The van der Waals surface area contributed by atoms with Gasteiger partial charge in [-0.15, -0.1) is 0 Å². The third-order valence-electron chi connectivity index (χ3n) is 1.94. The number of alkyl carbamates (subject to hydrolysis) is 1. The lowest BCUT2D eigenvalue weighted by Gasteiger charge is -2.19. The Bertz CT molecular complexity index is 357. The zero-order valence-corrected chi connectivity index (χ0v) is 11.2. The van der Waals surface area contributed by atoms with Gasteiger partial charge in [0.15, 0.2) is 0 Å². The Kier molecular flexibility index (Phi) is 5.49. The monoisotopic (exact) mass is 250 g/mol. The van der Waals surface area contributed by atoms with E-state index in [0.717, 1.165) is 12.2 Å². The SMILES string of the molecule is CC(C)(C)OC(=O)NCCCOc1c[c]ccc1. The third kappa shape index (κ3) is 6.78. The van der Waals surface area contributed by atoms with Gasteiger partial charge >= 0.3 is 6.09 Å². The Hall–Kier alpha value is -1.71. The summed E-state index contributed by atoms with van der Waals surface area (Å²) in [7, 11) is 0. The van der Waals surface area contributed by atoms with Crippen LogP contribution in [-0.2, 0) is 4.74 Å². The Morgan fingerprint density at radius 3 is 2.83 bits per heavy atom. The average Bonchev–Trinajstić information content (AvgIpc) is 2.27. The maximum atomic E-state index is 11.3. The molecule has 0 aliphatic rings. The van der Waals surface area contributed by atoms with Crippen molar-refractivity contribution in [1.82, 2.24) is 5.32 Å². The second-order valence-electron chi connectivity index (χ2n) is 4.87. The smallest absolute Gasteiger partial charge is 0.407 e. The number of benzene rings is 1. The van der Waals surface area contributed by atoms with Gasteiger partial charge in [0.05, 0.1) is 6.61 Å². The molecule has 1 aromatic carbocycles. The minimum atomic E-state index is -0.458. The highest BCUT2D eigenvalue weighted by molar-refractivity contribution is 5.67. The molecule has 1 radical (unpaired) electrons. The van der Waals surface area contributed by atoms with Crippen molar-refractivity contribution in [2.45, 2.75) is 32.8 Å². The topological polar surface area (TPSA) is 47.6 Å². The Balaban J connectivity index is 2.07. The molecule has 0 aliphatic carbocycles. The third-order valence-corrected chi connectivity index (χ3v) is 1.94. The first-order valence-electron chi connectivity index (χ1n) is 6.03. The molecule has 0 fully saturated rings. The van der Waals surface area contributed by atoms with Crippen molar-refractivity contribution in [3.05, 3.63) is 30.3 Å². The predicted molar refractivity (Wildman–Crippen MR) is 69.6 cm³/mol. The molecule has 1 aromatic rings. The standard InChI is InChI=1S/C14H20NO3/c1-14(2,3)18-13(16)15-10-7-11-17-12-8-5-4-6-9-12/h4-5,8-9H,7,10-11H2,1-3H3,(H,15,16). The van der Waals surface area contributed by atoms with Crippen LogP contribution in [0.2, 0.25) is 0 Å². The number of nitrogens with one attached hydrogen (secondary N) is 1. The van der Waals surface area contributed by atoms with E-state index in [0.29, 0.717) is 13.2 Å². The second kappa shape index (κ2) is 6.89. The summed E-state index contributed by atoms with van der Waals surface area (Å²) >= 11 is 0. The number of amides is 1. The molecule has 4 nitrogen and oxygen atoms in total. The van der Waals surface area contributed by atoms with E-state index in [9.17, 15) is 4.79 Å². The first kappa shape index (κ1) is 14.4. The molecule has 0 bridgehead atoms. The van der Waals surface area contributed by atoms with Crippen molar-refractivity contribution in [1.29, 1.82) is 0 Å². The fourth-order valence-electron chi connectivity index (χ4n) is 1.23. The molecule has 1 rings (SSSR count). The van der Waals surface area contributed by atoms with Gasteiger partial charge in [-0.05, 0) is 45.4 Å². The van der Waals surface area contributed by atoms with Crippen LogP contribution in [0.4, 0.5) is 4.79 Å². The number of rotatable bonds is 5. The van der Waals surface area contributed by atoms with E-state index in [2.05, 4.69) is 11.4 Å². The summed E-state index contributed by atoms with van der Waals surface area (Å²) in [5, 5.41) is 2.68. The van der Waals surface area contributed by atoms with E-state index in [4.69, 9.17) is 9.47 Å². The molecule has 18 heavy (non-hydrogen) atoms. The molecule has 0 aliphatic heterocycles. The summed E-state index contributed by atoms with van der Waals surface area (Å²) in [5.74, 6) is 0.787. The highest BCUT2D eigenvalue weighted by Gasteiger charge is 2.15. The zero-order chi connectivity index (χ0) is 13.4. The van der Waals surface area contributed by atoms with Crippen LogP contribution in [0, 0.1) is 6.07 Å². The van der Waals surface area contributed by atoms with Gasteiger partial charge in [-0.3, -0.25) is 0 Å². The second-order valence-corrected chi connectivity index (χ2v) is 4.87. The minimum Gasteiger partial charge on any atom is -0.494 e. The zero-order valence-electron chi connectivity index (χ0n) is 11.2. The summed E-state index contributed by atoms with van der Waals surface area (Å²) in [4.78, 5) is 11.3. The molecular weight excluding hydrogens is 230 g/mol. The minimum absolute atomic E-state index is 0.393. The van der Waals surface area contributed by atoms with E-state index in [1.54, 1.807) is 6.07 Å². The molecule has 0 saturated carbocycles.